The number of rotatable bonds is 7. The molecule has 0 spiro atoms. The third-order valence-electron chi connectivity index (χ3n) is 5.49. The second-order valence-electron chi connectivity index (χ2n) is 8.62. The Morgan fingerprint density at radius 3 is 2.53 bits per heavy atom. The highest BCUT2D eigenvalue weighted by atomic mass is 35.5. The molecular formula is C27H26Cl2N2O4S. The highest BCUT2D eigenvalue weighted by Crippen LogP contribution is 2.31. The molecule has 2 heterocycles. The maximum atomic E-state index is 13.8. The van der Waals surface area contributed by atoms with E-state index < -0.39 is 12.0 Å². The Labute approximate surface area is 223 Å². The number of aromatic nitrogens is 1. The topological polar surface area (TPSA) is 69.9 Å². The molecule has 4 rings (SSSR count). The molecule has 9 heteroatoms. The molecule has 188 valence electrons. The Balaban J connectivity index is 1.93. The van der Waals surface area contributed by atoms with Crippen molar-refractivity contribution in [1.29, 1.82) is 0 Å². The first kappa shape index (κ1) is 26.2. The van der Waals surface area contributed by atoms with E-state index in [4.69, 9.17) is 32.7 Å². The van der Waals surface area contributed by atoms with E-state index in [1.54, 1.807) is 73.9 Å². The van der Waals surface area contributed by atoms with Gasteiger partial charge in [0.15, 0.2) is 4.80 Å². The van der Waals surface area contributed by atoms with Crippen molar-refractivity contribution in [1.82, 2.24) is 4.57 Å². The lowest BCUT2D eigenvalue weighted by atomic mass is 9.96. The number of carbonyl (C=O) groups is 1. The number of benzene rings is 2. The molecule has 0 N–H and O–H groups in total. The predicted octanol–water partition coefficient (Wildman–Crippen LogP) is 5.28. The van der Waals surface area contributed by atoms with E-state index in [-0.39, 0.29) is 11.7 Å². The van der Waals surface area contributed by atoms with E-state index in [1.807, 2.05) is 6.92 Å². The zero-order chi connectivity index (χ0) is 26.0. The van der Waals surface area contributed by atoms with E-state index in [0.29, 0.717) is 48.6 Å². The number of esters is 1. The van der Waals surface area contributed by atoms with Gasteiger partial charge in [0.2, 0.25) is 0 Å². The normalized spacial score (nSPS) is 15.6. The summed E-state index contributed by atoms with van der Waals surface area (Å²) in [6.07, 6.45) is 2.28. The molecular weight excluding hydrogens is 519 g/mol. The number of hydrogen-bond acceptors (Lipinski definition) is 6. The summed E-state index contributed by atoms with van der Waals surface area (Å²) in [6.45, 7) is 7.88. The molecule has 0 saturated heterocycles. The Kier molecular flexibility index (Phi) is 8.03. The van der Waals surface area contributed by atoms with Gasteiger partial charge in [-0.25, -0.2) is 9.79 Å². The van der Waals surface area contributed by atoms with Crippen LogP contribution in [0.15, 0.2) is 63.5 Å². The minimum Gasteiger partial charge on any atom is -0.493 e. The van der Waals surface area contributed by atoms with Crippen molar-refractivity contribution in [3.05, 3.63) is 94.6 Å². The van der Waals surface area contributed by atoms with Crippen molar-refractivity contribution < 1.29 is 14.3 Å². The molecule has 0 amide bonds. The number of nitrogens with zero attached hydrogens (tertiary/aromatic N) is 2. The van der Waals surface area contributed by atoms with Crippen LogP contribution in [0.3, 0.4) is 0 Å². The summed E-state index contributed by atoms with van der Waals surface area (Å²) in [4.78, 5) is 32.0. The molecule has 1 aliphatic heterocycles. The van der Waals surface area contributed by atoms with Gasteiger partial charge in [-0.15, -0.1) is 0 Å². The van der Waals surface area contributed by atoms with Crippen LogP contribution in [-0.4, -0.2) is 23.2 Å². The van der Waals surface area contributed by atoms with Crippen LogP contribution in [0, 0.1) is 0 Å². The number of ether oxygens (including phenoxy) is 2. The fraction of sp³-hybridized carbons (Fsp3) is 0.296. The maximum absolute atomic E-state index is 13.8. The third-order valence-corrected chi connectivity index (χ3v) is 6.96. The molecule has 0 fully saturated rings. The number of thiazole rings is 1. The van der Waals surface area contributed by atoms with Gasteiger partial charge in [0.1, 0.15) is 5.75 Å². The van der Waals surface area contributed by atoms with Gasteiger partial charge in [0, 0.05) is 15.6 Å². The largest absolute Gasteiger partial charge is 0.493 e. The molecule has 1 aromatic heterocycles. The van der Waals surface area contributed by atoms with E-state index in [0.717, 1.165) is 12.0 Å². The van der Waals surface area contributed by atoms with Crippen molar-refractivity contribution in [2.75, 3.05) is 6.61 Å². The van der Waals surface area contributed by atoms with Gasteiger partial charge in [0.25, 0.3) is 5.56 Å². The van der Waals surface area contributed by atoms with Gasteiger partial charge < -0.3 is 9.47 Å². The minimum atomic E-state index is -0.706. The molecule has 0 radical (unpaired) electrons. The second kappa shape index (κ2) is 11.0. The third kappa shape index (κ3) is 5.43. The van der Waals surface area contributed by atoms with Gasteiger partial charge in [-0.3, -0.25) is 9.36 Å². The van der Waals surface area contributed by atoms with Gasteiger partial charge in [-0.1, -0.05) is 53.6 Å². The summed E-state index contributed by atoms with van der Waals surface area (Å²) in [5.74, 6) is 0.129. The molecule has 0 bridgehead atoms. The summed E-state index contributed by atoms with van der Waals surface area (Å²) in [7, 11) is 0. The lowest BCUT2D eigenvalue weighted by molar-refractivity contribution is -0.143. The van der Waals surface area contributed by atoms with Gasteiger partial charge >= 0.3 is 5.97 Å². The predicted molar refractivity (Wildman–Crippen MR) is 144 cm³/mol. The Morgan fingerprint density at radius 2 is 1.86 bits per heavy atom. The molecule has 1 aliphatic rings. The second-order valence-corrected chi connectivity index (χ2v) is 10.5. The van der Waals surface area contributed by atoms with Crippen LogP contribution in [0.4, 0.5) is 0 Å². The van der Waals surface area contributed by atoms with Gasteiger partial charge in [-0.05, 0) is 69.2 Å². The monoisotopic (exact) mass is 544 g/mol. The molecule has 1 unspecified atom stereocenters. The quantitative estimate of drug-likeness (QED) is 0.379. The van der Waals surface area contributed by atoms with Crippen LogP contribution < -0.4 is 19.6 Å². The van der Waals surface area contributed by atoms with Crippen molar-refractivity contribution in [2.24, 2.45) is 4.99 Å². The van der Waals surface area contributed by atoms with Crippen molar-refractivity contribution in [3.8, 4) is 5.75 Å². The Bertz CT molecular complexity index is 1500. The summed E-state index contributed by atoms with van der Waals surface area (Å²) in [6, 6.07) is 11.7. The highest BCUT2D eigenvalue weighted by Gasteiger charge is 2.33. The summed E-state index contributed by atoms with van der Waals surface area (Å²) in [5.41, 5.74) is 1.97. The zero-order valence-corrected chi connectivity index (χ0v) is 22.7. The first-order chi connectivity index (χ1) is 17.2. The van der Waals surface area contributed by atoms with Crippen LogP contribution >= 0.6 is 34.5 Å². The lowest BCUT2D eigenvalue weighted by Crippen LogP contribution is -2.40. The number of halogens is 2. The van der Waals surface area contributed by atoms with E-state index in [1.165, 1.54) is 11.3 Å². The average Bonchev–Trinajstić information content (AvgIpc) is 3.12. The summed E-state index contributed by atoms with van der Waals surface area (Å²) in [5, 5.41) is 1.09. The molecule has 36 heavy (non-hydrogen) atoms. The van der Waals surface area contributed by atoms with E-state index >= 15 is 0 Å². The van der Waals surface area contributed by atoms with Gasteiger partial charge in [0.05, 0.1) is 34.6 Å². The Hall–Kier alpha value is -2.87. The number of carbonyl (C=O) groups excluding carboxylic acids is 1. The fourth-order valence-corrected chi connectivity index (χ4v) is 5.28. The standard InChI is InChI=1S/C27H26Cl2N2O4S/c1-5-12-34-21-11-10-20(29)13-18(21)14-22-25(32)31-24(17-6-8-19(28)9-7-17)23(26(33)35-15(2)3)16(4)30-27(31)36-22/h6-11,13-15,24H,5,12H2,1-4H3. The van der Waals surface area contributed by atoms with Crippen molar-refractivity contribution in [2.45, 2.75) is 46.3 Å². The van der Waals surface area contributed by atoms with Crippen LogP contribution in [0.5, 0.6) is 5.75 Å². The average molecular weight is 545 g/mol. The fourth-order valence-electron chi connectivity index (χ4n) is 3.94. The smallest absolute Gasteiger partial charge is 0.338 e. The van der Waals surface area contributed by atoms with Crippen LogP contribution in [0.2, 0.25) is 10.0 Å². The van der Waals surface area contributed by atoms with Crippen LogP contribution in [0.1, 0.15) is 51.3 Å². The maximum Gasteiger partial charge on any atom is 0.338 e. The summed E-state index contributed by atoms with van der Waals surface area (Å²) >= 11 is 13.6. The SMILES string of the molecule is CCCOc1ccc(Cl)cc1C=c1sc2n(c1=O)C(c1ccc(Cl)cc1)C(C(=O)OC(C)C)=C(C)N=2. The van der Waals surface area contributed by atoms with Crippen molar-refractivity contribution >= 4 is 46.6 Å². The van der Waals surface area contributed by atoms with Gasteiger partial charge in [-0.2, -0.15) is 0 Å². The molecule has 0 aliphatic carbocycles. The molecule has 6 nitrogen and oxygen atoms in total. The zero-order valence-electron chi connectivity index (χ0n) is 20.4. The van der Waals surface area contributed by atoms with Crippen molar-refractivity contribution in [3.63, 3.8) is 0 Å². The Morgan fingerprint density at radius 1 is 1.17 bits per heavy atom. The van der Waals surface area contributed by atoms with E-state index in [2.05, 4.69) is 4.99 Å². The van der Waals surface area contributed by atoms with E-state index in [9.17, 15) is 9.59 Å². The lowest BCUT2D eigenvalue weighted by Gasteiger charge is -2.25. The summed E-state index contributed by atoms with van der Waals surface area (Å²) < 4.78 is 13.4. The molecule has 1 atom stereocenters. The first-order valence-corrected chi connectivity index (χ1v) is 13.2. The van der Waals surface area contributed by atoms with Crippen LogP contribution in [-0.2, 0) is 9.53 Å². The van der Waals surface area contributed by atoms with Crippen LogP contribution in [0.25, 0.3) is 6.08 Å². The molecule has 3 aromatic rings. The highest BCUT2D eigenvalue weighted by molar-refractivity contribution is 7.07. The number of allylic oxidation sites excluding steroid dienone is 1. The molecule has 0 saturated carbocycles. The minimum absolute atomic E-state index is 0.275. The molecule has 2 aromatic carbocycles. The first-order valence-electron chi connectivity index (χ1n) is 11.6. The number of fused-ring (bicyclic) bond motifs is 1. The number of hydrogen-bond donors (Lipinski definition) is 0.